The molecule has 0 saturated heterocycles. The number of nitrogens with zero attached hydrogens (tertiary/aromatic N) is 3. The van der Waals surface area contributed by atoms with Gasteiger partial charge < -0.3 is 20.1 Å². The van der Waals surface area contributed by atoms with Crippen molar-refractivity contribution in [1.82, 2.24) is 15.0 Å². The summed E-state index contributed by atoms with van der Waals surface area (Å²) in [5.74, 6) is 1.29. The first-order valence-corrected chi connectivity index (χ1v) is 8.18. The number of hydrogen-bond acceptors (Lipinski definition) is 7. The Morgan fingerprint density at radius 3 is 2.63 bits per heavy atom. The molecule has 0 aliphatic rings. The Bertz CT molecular complexity index is 901. The zero-order chi connectivity index (χ0) is 19.1. The highest BCUT2D eigenvalue weighted by atomic mass is 16.5. The summed E-state index contributed by atoms with van der Waals surface area (Å²) in [6.07, 6.45) is 6.40. The summed E-state index contributed by atoms with van der Waals surface area (Å²) in [6.45, 7) is 0.565. The lowest BCUT2D eigenvalue weighted by Gasteiger charge is -2.11. The molecule has 0 fully saturated rings. The third-order valence-corrected chi connectivity index (χ3v) is 3.74. The second-order valence-electron chi connectivity index (χ2n) is 5.52. The van der Waals surface area contributed by atoms with Gasteiger partial charge in [-0.15, -0.1) is 0 Å². The molecule has 1 amide bonds. The van der Waals surface area contributed by atoms with Crippen LogP contribution in [0.1, 0.15) is 16.1 Å². The van der Waals surface area contributed by atoms with Crippen LogP contribution in [-0.4, -0.2) is 35.1 Å². The van der Waals surface area contributed by atoms with Gasteiger partial charge in [0.25, 0.3) is 5.91 Å². The topological polar surface area (TPSA) is 98.3 Å². The third-order valence-electron chi connectivity index (χ3n) is 3.74. The Morgan fingerprint density at radius 1 is 1.07 bits per heavy atom. The van der Waals surface area contributed by atoms with E-state index in [0.29, 0.717) is 29.5 Å². The molecule has 3 aromatic rings. The molecule has 0 aliphatic carbocycles. The standard InChI is InChI=1S/C19H19N5O3/c1-26-14-5-6-17(27-2)15(8-14)24-19(25)16-11-23-18(12-21-16)22-10-13-4-3-7-20-9-13/h3-9,11-12H,10H2,1-2H3,(H,22,23)(H,24,25). The fourth-order valence-electron chi connectivity index (χ4n) is 2.33. The number of amides is 1. The molecule has 138 valence electrons. The van der Waals surface area contributed by atoms with Crippen molar-refractivity contribution >= 4 is 17.4 Å². The highest BCUT2D eigenvalue weighted by Crippen LogP contribution is 2.29. The van der Waals surface area contributed by atoms with Crippen LogP contribution in [0.4, 0.5) is 11.5 Å². The number of aromatic nitrogens is 3. The van der Waals surface area contributed by atoms with E-state index in [0.717, 1.165) is 5.56 Å². The molecular formula is C19H19N5O3. The Kier molecular flexibility index (Phi) is 5.78. The van der Waals surface area contributed by atoms with Crippen molar-refractivity contribution in [2.24, 2.45) is 0 Å². The van der Waals surface area contributed by atoms with Gasteiger partial charge in [-0.2, -0.15) is 0 Å². The predicted octanol–water partition coefficient (Wildman–Crippen LogP) is 2.75. The highest BCUT2D eigenvalue weighted by Gasteiger charge is 2.12. The molecule has 0 atom stereocenters. The molecule has 0 unspecified atom stereocenters. The molecule has 1 aromatic carbocycles. The largest absolute Gasteiger partial charge is 0.497 e. The molecule has 0 saturated carbocycles. The normalized spacial score (nSPS) is 10.1. The van der Waals surface area contributed by atoms with Crippen molar-refractivity contribution in [3.63, 3.8) is 0 Å². The number of nitrogens with one attached hydrogen (secondary N) is 2. The number of pyridine rings is 1. The van der Waals surface area contributed by atoms with Gasteiger partial charge in [-0.3, -0.25) is 9.78 Å². The molecular weight excluding hydrogens is 346 g/mol. The summed E-state index contributed by atoms with van der Waals surface area (Å²) in [4.78, 5) is 24.9. The van der Waals surface area contributed by atoms with Crippen LogP contribution in [0.25, 0.3) is 0 Å². The minimum atomic E-state index is -0.395. The zero-order valence-electron chi connectivity index (χ0n) is 15.0. The van der Waals surface area contributed by atoms with Gasteiger partial charge in [-0.25, -0.2) is 9.97 Å². The molecule has 0 bridgehead atoms. The molecule has 2 aromatic heterocycles. The number of benzene rings is 1. The second kappa shape index (κ2) is 8.61. The maximum absolute atomic E-state index is 12.4. The van der Waals surface area contributed by atoms with Crippen LogP contribution in [0.3, 0.4) is 0 Å². The Morgan fingerprint density at radius 2 is 1.96 bits per heavy atom. The first kappa shape index (κ1) is 18.1. The number of ether oxygens (including phenoxy) is 2. The summed E-state index contributed by atoms with van der Waals surface area (Å²) >= 11 is 0. The molecule has 2 N–H and O–H groups in total. The molecule has 0 spiro atoms. The Labute approximate surface area is 156 Å². The predicted molar refractivity (Wildman–Crippen MR) is 101 cm³/mol. The van der Waals surface area contributed by atoms with Crippen LogP contribution in [0, 0.1) is 0 Å². The summed E-state index contributed by atoms with van der Waals surface area (Å²) in [5.41, 5.74) is 1.69. The summed E-state index contributed by atoms with van der Waals surface area (Å²) in [7, 11) is 3.08. The average molecular weight is 365 g/mol. The van der Waals surface area contributed by atoms with Crippen LogP contribution in [0.2, 0.25) is 0 Å². The van der Waals surface area contributed by atoms with E-state index in [2.05, 4.69) is 25.6 Å². The Balaban J connectivity index is 1.65. The van der Waals surface area contributed by atoms with Crippen LogP contribution >= 0.6 is 0 Å². The molecule has 2 heterocycles. The smallest absolute Gasteiger partial charge is 0.275 e. The van der Waals surface area contributed by atoms with Crippen LogP contribution in [0.15, 0.2) is 55.1 Å². The van der Waals surface area contributed by atoms with Gasteiger partial charge in [0.05, 0.1) is 32.3 Å². The van der Waals surface area contributed by atoms with Crippen molar-refractivity contribution in [1.29, 1.82) is 0 Å². The lowest BCUT2D eigenvalue weighted by molar-refractivity contribution is 0.102. The van der Waals surface area contributed by atoms with Crippen LogP contribution in [-0.2, 0) is 6.54 Å². The number of carbonyl (C=O) groups excluding carboxylic acids is 1. The number of rotatable bonds is 7. The SMILES string of the molecule is COc1ccc(OC)c(NC(=O)c2cnc(NCc3cccnc3)cn2)c1. The minimum Gasteiger partial charge on any atom is -0.497 e. The van der Waals surface area contributed by atoms with Gasteiger partial charge in [0.15, 0.2) is 0 Å². The van der Waals surface area contributed by atoms with E-state index in [1.54, 1.807) is 37.7 Å². The molecule has 0 aliphatic heterocycles. The zero-order valence-corrected chi connectivity index (χ0v) is 15.0. The first-order chi connectivity index (χ1) is 13.2. The van der Waals surface area contributed by atoms with Gasteiger partial charge >= 0.3 is 0 Å². The maximum atomic E-state index is 12.4. The number of methoxy groups -OCH3 is 2. The van der Waals surface area contributed by atoms with E-state index in [1.807, 2.05) is 12.1 Å². The van der Waals surface area contributed by atoms with Gasteiger partial charge in [0.2, 0.25) is 0 Å². The van der Waals surface area contributed by atoms with E-state index in [-0.39, 0.29) is 5.69 Å². The van der Waals surface area contributed by atoms with Crippen molar-refractivity contribution in [3.8, 4) is 11.5 Å². The van der Waals surface area contributed by atoms with Crippen LogP contribution < -0.4 is 20.1 Å². The number of carbonyl (C=O) groups is 1. The van der Waals surface area contributed by atoms with Crippen LogP contribution in [0.5, 0.6) is 11.5 Å². The lowest BCUT2D eigenvalue weighted by Crippen LogP contribution is -2.15. The monoisotopic (exact) mass is 365 g/mol. The van der Waals surface area contributed by atoms with Crippen molar-refractivity contribution in [3.05, 3.63) is 66.4 Å². The first-order valence-electron chi connectivity index (χ1n) is 8.18. The fourth-order valence-corrected chi connectivity index (χ4v) is 2.33. The number of anilines is 2. The summed E-state index contributed by atoms with van der Waals surface area (Å²) in [6, 6.07) is 8.95. The van der Waals surface area contributed by atoms with Gasteiger partial charge in [-0.1, -0.05) is 6.07 Å². The van der Waals surface area contributed by atoms with Crippen molar-refractivity contribution in [2.45, 2.75) is 6.54 Å². The summed E-state index contributed by atoms with van der Waals surface area (Å²) < 4.78 is 10.4. The molecule has 0 radical (unpaired) electrons. The third kappa shape index (κ3) is 4.69. The van der Waals surface area contributed by atoms with E-state index in [1.165, 1.54) is 19.5 Å². The Hall–Kier alpha value is -3.68. The van der Waals surface area contributed by atoms with Gasteiger partial charge in [-0.05, 0) is 23.8 Å². The fraction of sp³-hybridized carbons (Fsp3) is 0.158. The summed E-state index contributed by atoms with van der Waals surface area (Å²) in [5, 5.41) is 5.88. The maximum Gasteiger partial charge on any atom is 0.275 e. The minimum absolute atomic E-state index is 0.187. The van der Waals surface area contributed by atoms with E-state index < -0.39 is 5.91 Å². The van der Waals surface area contributed by atoms with Gasteiger partial charge in [0.1, 0.15) is 23.0 Å². The molecule has 8 heteroatoms. The molecule has 8 nitrogen and oxygen atoms in total. The molecule has 27 heavy (non-hydrogen) atoms. The number of hydrogen-bond donors (Lipinski definition) is 2. The highest BCUT2D eigenvalue weighted by molar-refractivity contribution is 6.03. The van der Waals surface area contributed by atoms with E-state index in [4.69, 9.17) is 9.47 Å². The van der Waals surface area contributed by atoms with Crippen molar-refractivity contribution in [2.75, 3.05) is 24.9 Å². The van der Waals surface area contributed by atoms with E-state index in [9.17, 15) is 4.79 Å². The second-order valence-corrected chi connectivity index (χ2v) is 5.52. The average Bonchev–Trinajstić information content (AvgIpc) is 2.73. The van der Waals surface area contributed by atoms with Gasteiger partial charge in [0, 0.05) is 25.0 Å². The van der Waals surface area contributed by atoms with E-state index >= 15 is 0 Å². The quantitative estimate of drug-likeness (QED) is 0.664. The molecule has 3 rings (SSSR count). The van der Waals surface area contributed by atoms with Crippen molar-refractivity contribution < 1.29 is 14.3 Å². The lowest BCUT2D eigenvalue weighted by atomic mass is 10.2.